The van der Waals surface area contributed by atoms with Gasteiger partial charge in [0.1, 0.15) is 11.5 Å². The molecule has 2 aromatic rings. The molecule has 2 rings (SSSR count). The molecular formula is C11H14N2OS. The van der Waals surface area contributed by atoms with E-state index in [0.717, 1.165) is 22.3 Å². The number of nitrogens with one attached hydrogen (secondary N) is 1. The summed E-state index contributed by atoms with van der Waals surface area (Å²) >= 11 is 1.62. The molecule has 15 heavy (non-hydrogen) atoms. The van der Waals surface area contributed by atoms with Crippen molar-refractivity contribution in [2.75, 3.05) is 5.32 Å². The maximum Gasteiger partial charge on any atom is 0.183 e. The lowest BCUT2D eigenvalue weighted by Crippen LogP contribution is -2.05. The minimum atomic E-state index is 0.157. The molecule has 0 radical (unpaired) electrons. The molecule has 2 heterocycles. The molecule has 0 aliphatic carbocycles. The Bertz CT molecular complexity index is 447. The summed E-state index contributed by atoms with van der Waals surface area (Å²) in [6, 6.07) is 4.12. The number of nitrogens with zero attached hydrogens (tertiary/aromatic N) is 1. The summed E-state index contributed by atoms with van der Waals surface area (Å²) < 4.78 is 5.54. The molecule has 0 saturated heterocycles. The number of thiazole rings is 1. The molecule has 80 valence electrons. The summed E-state index contributed by atoms with van der Waals surface area (Å²) in [7, 11) is 0. The van der Waals surface area contributed by atoms with Gasteiger partial charge in [0.25, 0.3) is 0 Å². The van der Waals surface area contributed by atoms with Crippen molar-refractivity contribution < 1.29 is 4.42 Å². The molecule has 0 fully saturated rings. The van der Waals surface area contributed by atoms with Crippen molar-refractivity contribution in [2.45, 2.75) is 26.8 Å². The highest BCUT2D eigenvalue weighted by Gasteiger charge is 2.10. The van der Waals surface area contributed by atoms with E-state index < -0.39 is 0 Å². The molecule has 0 aliphatic rings. The Kier molecular flexibility index (Phi) is 2.77. The molecule has 4 heteroatoms. The summed E-state index contributed by atoms with van der Waals surface area (Å²) in [6.45, 7) is 6.00. The van der Waals surface area contributed by atoms with Crippen LogP contribution in [-0.2, 0) is 0 Å². The van der Waals surface area contributed by atoms with Gasteiger partial charge in [0, 0.05) is 5.38 Å². The molecule has 0 aliphatic heterocycles. The second kappa shape index (κ2) is 4.06. The summed E-state index contributed by atoms with van der Waals surface area (Å²) in [4.78, 5) is 4.35. The van der Waals surface area contributed by atoms with Gasteiger partial charge in [-0.15, -0.1) is 11.3 Å². The van der Waals surface area contributed by atoms with Crippen molar-refractivity contribution in [1.29, 1.82) is 0 Å². The molecule has 1 N–H and O–H groups in total. The van der Waals surface area contributed by atoms with Crippen LogP contribution < -0.4 is 5.32 Å². The zero-order valence-electron chi connectivity index (χ0n) is 9.07. The first-order valence-electron chi connectivity index (χ1n) is 4.90. The minimum absolute atomic E-state index is 0.157. The predicted molar refractivity (Wildman–Crippen MR) is 62.3 cm³/mol. The lowest BCUT2D eigenvalue weighted by atomic mass is 10.2. The van der Waals surface area contributed by atoms with Crippen LogP contribution in [0.4, 0.5) is 5.13 Å². The van der Waals surface area contributed by atoms with E-state index in [-0.39, 0.29) is 6.04 Å². The van der Waals surface area contributed by atoms with E-state index in [1.54, 1.807) is 11.3 Å². The van der Waals surface area contributed by atoms with Gasteiger partial charge in [0.15, 0.2) is 5.13 Å². The van der Waals surface area contributed by atoms with Crippen LogP contribution in [0.5, 0.6) is 0 Å². The van der Waals surface area contributed by atoms with Gasteiger partial charge in [-0.05, 0) is 32.9 Å². The number of hydrogen-bond acceptors (Lipinski definition) is 4. The van der Waals surface area contributed by atoms with Crippen molar-refractivity contribution in [1.82, 2.24) is 4.98 Å². The second-order valence-electron chi connectivity index (χ2n) is 3.61. The Morgan fingerprint density at radius 2 is 2.20 bits per heavy atom. The average molecular weight is 222 g/mol. The van der Waals surface area contributed by atoms with Crippen molar-refractivity contribution >= 4 is 16.5 Å². The minimum Gasteiger partial charge on any atom is -0.464 e. The quantitative estimate of drug-likeness (QED) is 0.863. The Morgan fingerprint density at radius 1 is 1.40 bits per heavy atom. The largest absolute Gasteiger partial charge is 0.464 e. The summed E-state index contributed by atoms with van der Waals surface area (Å²) in [6.07, 6.45) is 0. The van der Waals surface area contributed by atoms with Crippen molar-refractivity contribution in [3.8, 4) is 0 Å². The Morgan fingerprint density at radius 3 is 2.73 bits per heavy atom. The number of furan rings is 1. The van der Waals surface area contributed by atoms with E-state index >= 15 is 0 Å². The second-order valence-corrected chi connectivity index (χ2v) is 4.47. The van der Waals surface area contributed by atoms with Crippen LogP contribution >= 0.6 is 11.3 Å². The Labute approximate surface area is 93.2 Å². The monoisotopic (exact) mass is 222 g/mol. The Hall–Kier alpha value is -1.29. The SMILES string of the molecule is Cc1csc(NC(C)c2ccc(C)o2)n1. The van der Waals surface area contributed by atoms with Crippen LogP contribution in [-0.4, -0.2) is 4.98 Å². The van der Waals surface area contributed by atoms with Crippen LogP contribution in [0.2, 0.25) is 0 Å². The van der Waals surface area contributed by atoms with Gasteiger partial charge in [-0.2, -0.15) is 0 Å². The lowest BCUT2D eigenvalue weighted by molar-refractivity contribution is 0.467. The van der Waals surface area contributed by atoms with Crippen LogP contribution in [0, 0.1) is 13.8 Å². The van der Waals surface area contributed by atoms with Gasteiger partial charge in [-0.3, -0.25) is 0 Å². The molecule has 0 aromatic carbocycles. The van der Waals surface area contributed by atoms with Gasteiger partial charge >= 0.3 is 0 Å². The fourth-order valence-corrected chi connectivity index (χ4v) is 2.14. The summed E-state index contributed by atoms with van der Waals surface area (Å²) in [5, 5.41) is 6.28. The topological polar surface area (TPSA) is 38.1 Å². The third-order valence-corrected chi connectivity index (χ3v) is 3.04. The summed E-state index contributed by atoms with van der Waals surface area (Å²) in [5.74, 6) is 1.88. The Balaban J connectivity index is 2.06. The molecule has 0 amide bonds. The third kappa shape index (κ3) is 2.39. The van der Waals surface area contributed by atoms with Crippen molar-refractivity contribution in [2.24, 2.45) is 0 Å². The maximum atomic E-state index is 5.54. The number of hydrogen-bond donors (Lipinski definition) is 1. The molecule has 1 unspecified atom stereocenters. The first-order valence-corrected chi connectivity index (χ1v) is 5.78. The van der Waals surface area contributed by atoms with Gasteiger partial charge < -0.3 is 9.73 Å². The third-order valence-electron chi connectivity index (χ3n) is 2.15. The molecule has 3 nitrogen and oxygen atoms in total. The van der Waals surface area contributed by atoms with E-state index in [1.807, 2.05) is 31.4 Å². The first kappa shape index (κ1) is 10.2. The zero-order valence-corrected chi connectivity index (χ0v) is 9.89. The molecule has 0 spiro atoms. The summed E-state index contributed by atoms with van der Waals surface area (Å²) in [5.41, 5.74) is 1.05. The van der Waals surface area contributed by atoms with E-state index in [9.17, 15) is 0 Å². The van der Waals surface area contributed by atoms with Gasteiger partial charge in [0.05, 0.1) is 11.7 Å². The van der Waals surface area contributed by atoms with Gasteiger partial charge in [-0.25, -0.2) is 4.98 Å². The van der Waals surface area contributed by atoms with Gasteiger partial charge in [-0.1, -0.05) is 0 Å². The van der Waals surface area contributed by atoms with Crippen LogP contribution in [0.15, 0.2) is 21.9 Å². The molecule has 0 saturated carbocycles. The first-order chi connectivity index (χ1) is 7.15. The number of rotatable bonds is 3. The van der Waals surface area contributed by atoms with E-state index in [1.165, 1.54) is 0 Å². The van der Waals surface area contributed by atoms with Crippen LogP contribution in [0.3, 0.4) is 0 Å². The van der Waals surface area contributed by atoms with Crippen LogP contribution in [0.25, 0.3) is 0 Å². The molecular weight excluding hydrogens is 208 g/mol. The number of anilines is 1. The fourth-order valence-electron chi connectivity index (χ4n) is 1.36. The van der Waals surface area contributed by atoms with E-state index in [0.29, 0.717) is 0 Å². The zero-order chi connectivity index (χ0) is 10.8. The van der Waals surface area contributed by atoms with Crippen LogP contribution in [0.1, 0.15) is 30.2 Å². The van der Waals surface area contributed by atoms with E-state index in [2.05, 4.69) is 17.2 Å². The smallest absolute Gasteiger partial charge is 0.183 e. The lowest BCUT2D eigenvalue weighted by Gasteiger charge is -2.09. The number of aromatic nitrogens is 1. The normalized spacial score (nSPS) is 12.7. The van der Waals surface area contributed by atoms with Gasteiger partial charge in [0.2, 0.25) is 0 Å². The molecule has 0 bridgehead atoms. The predicted octanol–water partition coefficient (Wildman–Crippen LogP) is 3.53. The highest BCUT2D eigenvalue weighted by molar-refractivity contribution is 7.13. The highest BCUT2D eigenvalue weighted by Crippen LogP contribution is 2.23. The highest BCUT2D eigenvalue weighted by atomic mass is 32.1. The number of aryl methyl sites for hydroxylation is 2. The standard InChI is InChI=1S/C11H14N2OS/c1-7-6-15-11(12-7)13-9(3)10-5-4-8(2)14-10/h4-6,9H,1-3H3,(H,12,13). The van der Waals surface area contributed by atoms with Crippen molar-refractivity contribution in [3.63, 3.8) is 0 Å². The van der Waals surface area contributed by atoms with Crippen molar-refractivity contribution in [3.05, 3.63) is 34.7 Å². The van der Waals surface area contributed by atoms with E-state index in [4.69, 9.17) is 4.42 Å². The fraction of sp³-hybridized carbons (Fsp3) is 0.364. The molecule has 1 atom stereocenters. The molecule has 2 aromatic heterocycles. The maximum absolute atomic E-state index is 5.54. The average Bonchev–Trinajstić information content (AvgIpc) is 2.75.